The van der Waals surface area contributed by atoms with E-state index in [1.165, 1.54) is 0 Å². The first-order valence-electron chi connectivity index (χ1n) is 7.94. The summed E-state index contributed by atoms with van der Waals surface area (Å²) in [5, 5.41) is 5.42. The molecule has 1 aliphatic heterocycles. The maximum Gasteiger partial charge on any atom is 0.244 e. The topological polar surface area (TPSA) is 51.0 Å². The van der Waals surface area contributed by atoms with E-state index < -0.39 is 0 Å². The molecule has 2 aromatic heterocycles. The van der Waals surface area contributed by atoms with E-state index in [2.05, 4.69) is 10.1 Å². The Morgan fingerprint density at radius 2 is 2.04 bits per heavy atom. The van der Waals surface area contributed by atoms with Gasteiger partial charge in [0.25, 0.3) is 0 Å². The average molecular weight is 306 g/mol. The lowest BCUT2D eigenvalue weighted by atomic mass is 10.1. The van der Waals surface area contributed by atoms with Crippen molar-refractivity contribution in [1.29, 1.82) is 0 Å². The second-order valence-corrected chi connectivity index (χ2v) is 5.86. The number of aromatic nitrogens is 3. The molecular formula is C18H18N4O. The number of amides is 1. The number of para-hydroxylation sites is 1. The van der Waals surface area contributed by atoms with Crippen LogP contribution in [-0.2, 0) is 11.3 Å². The summed E-state index contributed by atoms with van der Waals surface area (Å²) in [6.07, 6.45) is 5.59. The van der Waals surface area contributed by atoms with Gasteiger partial charge in [0.1, 0.15) is 6.54 Å². The third-order valence-electron chi connectivity index (χ3n) is 4.44. The van der Waals surface area contributed by atoms with Crippen molar-refractivity contribution in [3.05, 3.63) is 60.6 Å². The third kappa shape index (κ3) is 2.59. The third-order valence-corrected chi connectivity index (χ3v) is 4.44. The predicted octanol–water partition coefficient (Wildman–Crippen LogP) is 2.80. The van der Waals surface area contributed by atoms with Crippen molar-refractivity contribution in [1.82, 2.24) is 19.7 Å². The van der Waals surface area contributed by atoms with Gasteiger partial charge in [0, 0.05) is 18.1 Å². The molecule has 0 radical (unpaired) electrons. The Balaban J connectivity index is 1.56. The lowest BCUT2D eigenvalue weighted by molar-refractivity contribution is -0.133. The van der Waals surface area contributed by atoms with E-state index in [1.807, 2.05) is 53.6 Å². The molecule has 3 heterocycles. The number of carbonyl (C=O) groups excluding carboxylic acids is 1. The molecule has 0 N–H and O–H groups in total. The van der Waals surface area contributed by atoms with Crippen molar-refractivity contribution in [2.24, 2.45) is 0 Å². The highest BCUT2D eigenvalue weighted by Crippen LogP contribution is 2.30. The van der Waals surface area contributed by atoms with Gasteiger partial charge in [-0.2, -0.15) is 5.10 Å². The van der Waals surface area contributed by atoms with Crippen LogP contribution >= 0.6 is 0 Å². The van der Waals surface area contributed by atoms with Gasteiger partial charge >= 0.3 is 0 Å². The second kappa shape index (κ2) is 5.83. The molecule has 4 rings (SSSR count). The summed E-state index contributed by atoms with van der Waals surface area (Å²) < 4.78 is 1.78. The van der Waals surface area contributed by atoms with Crippen LogP contribution in [0.5, 0.6) is 0 Å². The van der Waals surface area contributed by atoms with Crippen LogP contribution in [0.15, 0.2) is 54.9 Å². The lowest BCUT2D eigenvalue weighted by Crippen LogP contribution is -2.34. The molecule has 1 amide bonds. The van der Waals surface area contributed by atoms with Gasteiger partial charge in [0.15, 0.2) is 0 Å². The monoisotopic (exact) mass is 306 g/mol. The minimum Gasteiger partial charge on any atom is -0.332 e. The van der Waals surface area contributed by atoms with E-state index in [0.717, 1.165) is 36.0 Å². The molecular weight excluding hydrogens is 288 g/mol. The molecule has 5 heteroatoms. The highest BCUT2D eigenvalue weighted by atomic mass is 16.2. The van der Waals surface area contributed by atoms with Crippen molar-refractivity contribution in [3.63, 3.8) is 0 Å². The molecule has 3 aromatic rings. The van der Waals surface area contributed by atoms with Gasteiger partial charge in [0.05, 0.1) is 23.4 Å². The summed E-state index contributed by atoms with van der Waals surface area (Å²) in [5.74, 6) is 0.104. The summed E-state index contributed by atoms with van der Waals surface area (Å²) in [5.41, 5.74) is 1.97. The lowest BCUT2D eigenvalue weighted by Gasteiger charge is -2.24. The summed E-state index contributed by atoms with van der Waals surface area (Å²) in [4.78, 5) is 19.1. The van der Waals surface area contributed by atoms with Crippen LogP contribution in [0.3, 0.4) is 0 Å². The molecule has 1 saturated heterocycles. The van der Waals surface area contributed by atoms with Crippen molar-refractivity contribution >= 4 is 16.8 Å². The molecule has 1 aliphatic rings. The first-order chi connectivity index (χ1) is 11.3. The smallest absolute Gasteiger partial charge is 0.244 e. The zero-order valence-electron chi connectivity index (χ0n) is 12.8. The van der Waals surface area contributed by atoms with Gasteiger partial charge in [0.2, 0.25) is 5.91 Å². The van der Waals surface area contributed by atoms with Gasteiger partial charge in [-0.3, -0.25) is 14.5 Å². The zero-order valence-corrected chi connectivity index (χ0v) is 12.8. The molecule has 116 valence electrons. The van der Waals surface area contributed by atoms with E-state index in [1.54, 1.807) is 10.9 Å². The van der Waals surface area contributed by atoms with Gasteiger partial charge in [-0.25, -0.2) is 0 Å². The Bertz CT molecular complexity index is 827. The minimum atomic E-state index is 0.0885. The second-order valence-electron chi connectivity index (χ2n) is 5.86. The standard InChI is InChI=1S/C18H18N4O/c23-18(13-22-16-8-2-1-6-14(16)12-20-22)21-11-5-9-17(21)15-7-3-4-10-19-15/h1-4,6-8,10,12,17H,5,9,11,13H2. The van der Waals surface area contributed by atoms with Crippen molar-refractivity contribution in [2.75, 3.05) is 6.54 Å². The quantitative estimate of drug-likeness (QED) is 0.747. The molecule has 0 bridgehead atoms. The van der Waals surface area contributed by atoms with Gasteiger partial charge < -0.3 is 4.90 Å². The molecule has 1 unspecified atom stereocenters. The highest BCUT2D eigenvalue weighted by Gasteiger charge is 2.30. The van der Waals surface area contributed by atoms with Crippen molar-refractivity contribution < 1.29 is 4.79 Å². The zero-order chi connectivity index (χ0) is 15.6. The number of likely N-dealkylation sites (tertiary alicyclic amines) is 1. The van der Waals surface area contributed by atoms with Crippen LogP contribution in [0.1, 0.15) is 24.6 Å². The average Bonchev–Trinajstić information content (AvgIpc) is 3.23. The molecule has 1 fully saturated rings. The number of hydrogen-bond acceptors (Lipinski definition) is 3. The predicted molar refractivity (Wildman–Crippen MR) is 87.7 cm³/mol. The van der Waals surface area contributed by atoms with Crippen molar-refractivity contribution in [2.45, 2.75) is 25.4 Å². The molecule has 0 spiro atoms. The molecule has 23 heavy (non-hydrogen) atoms. The Labute approximate surface area is 134 Å². The van der Waals surface area contributed by atoms with E-state index in [9.17, 15) is 4.79 Å². The summed E-state index contributed by atoms with van der Waals surface area (Å²) in [6, 6.07) is 13.9. The number of fused-ring (bicyclic) bond motifs is 1. The molecule has 0 saturated carbocycles. The number of rotatable bonds is 3. The summed E-state index contributed by atoms with van der Waals surface area (Å²) in [6.45, 7) is 1.07. The molecule has 1 aromatic carbocycles. The summed E-state index contributed by atoms with van der Waals surface area (Å²) >= 11 is 0. The maximum absolute atomic E-state index is 12.8. The number of nitrogens with zero attached hydrogens (tertiary/aromatic N) is 4. The van der Waals surface area contributed by atoms with Crippen LogP contribution in [0, 0.1) is 0 Å². The number of pyridine rings is 1. The van der Waals surface area contributed by atoms with Crippen molar-refractivity contribution in [3.8, 4) is 0 Å². The Hall–Kier alpha value is -2.69. The first kappa shape index (κ1) is 13.9. The number of benzene rings is 1. The fourth-order valence-corrected chi connectivity index (χ4v) is 3.32. The first-order valence-corrected chi connectivity index (χ1v) is 7.94. The fourth-order valence-electron chi connectivity index (χ4n) is 3.32. The van der Waals surface area contributed by atoms with E-state index in [-0.39, 0.29) is 18.5 Å². The van der Waals surface area contributed by atoms with E-state index in [0.29, 0.717) is 0 Å². The number of carbonyl (C=O) groups is 1. The van der Waals surface area contributed by atoms with Crippen LogP contribution < -0.4 is 0 Å². The SMILES string of the molecule is O=C(Cn1ncc2ccccc21)N1CCCC1c1ccccn1. The summed E-state index contributed by atoms with van der Waals surface area (Å²) in [7, 11) is 0. The van der Waals surface area contributed by atoms with Crippen LogP contribution in [0.4, 0.5) is 0 Å². The Morgan fingerprint density at radius 1 is 1.17 bits per heavy atom. The van der Waals surface area contributed by atoms with E-state index in [4.69, 9.17) is 0 Å². The Kier molecular flexibility index (Phi) is 3.54. The van der Waals surface area contributed by atoms with Gasteiger partial charge in [-0.15, -0.1) is 0 Å². The highest BCUT2D eigenvalue weighted by molar-refractivity contribution is 5.82. The molecule has 5 nitrogen and oxygen atoms in total. The fraction of sp³-hybridized carbons (Fsp3) is 0.278. The van der Waals surface area contributed by atoms with E-state index >= 15 is 0 Å². The van der Waals surface area contributed by atoms with Crippen LogP contribution in [0.25, 0.3) is 10.9 Å². The van der Waals surface area contributed by atoms with Crippen LogP contribution in [0.2, 0.25) is 0 Å². The van der Waals surface area contributed by atoms with Gasteiger partial charge in [-0.05, 0) is 31.0 Å². The van der Waals surface area contributed by atoms with Crippen LogP contribution in [-0.4, -0.2) is 32.1 Å². The number of hydrogen-bond donors (Lipinski definition) is 0. The Morgan fingerprint density at radius 3 is 2.91 bits per heavy atom. The maximum atomic E-state index is 12.8. The molecule has 0 aliphatic carbocycles. The largest absolute Gasteiger partial charge is 0.332 e. The molecule has 1 atom stereocenters. The van der Waals surface area contributed by atoms with Gasteiger partial charge in [-0.1, -0.05) is 24.3 Å². The minimum absolute atomic E-state index is 0.0885. The normalized spacial score (nSPS) is 17.7.